The Balaban J connectivity index is 0.00000400. The third-order valence-corrected chi connectivity index (χ3v) is 3.78. The van der Waals surface area contributed by atoms with Crippen LogP contribution in [0.4, 0.5) is 0 Å². The Hall–Kier alpha value is -0.850. The first kappa shape index (κ1) is 20.1. The molecule has 0 unspecified atom stereocenters. The predicted molar refractivity (Wildman–Crippen MR) is 86.4 cm³/mol. The van der Waals surface area contributed by atoms with Crippen molar-refractivity contribution in [3.8, 4) is 0 Å². The maximum atomic E-state index is 12.1. The molecular weight excluding hydrogens is 292 g/mol. The van der Waals surface area contributed by atoms with E-state index in [1.165, 1.54) is 4.90 Å². The van der Waals surface area contributed by atoms with Gasteiger partial charge in [0.2, 0.25) is 11.8 Å². The predicted octanol–water partition coefficient (Wildman–Crippen LogP) is 0.0635. The molecule has 0 spiro atoms. The van der Waals surface area contributed by atoms with Crippen LogP contribution < -0.4 is 11.1 Å². The van der Waals surface area contributed by atoms with E-state index in [9.17, 15) is 9.59 Å². The Morgan fingerprint density at radius 2 is 1.95 bits per heavy atom. The van der Waals surface area contributed by atoms with E-state index in [1.807, 2.05) is 6.92 Å². The summed E-state index contributed by atoms with van der Waals surface area (Å²) in [5, 5.41) is 2.77. The third kappa shape index (κ3) is 7.64. The maximum Gasteiger partial charge on any atom is 0.239 e. The normalized spacial score (nSPS) is 16.1. The number of rotatable bonds is 7. The zero-order valence-corrected chi connectivity index (χ0v) is 14.0. The molecule has 1 fully saturated rings. The minimum Gasteiger partial charge on any atom is -0.355 e. The number of nitrogens with two attached hydrogens (primary N) is 1. The Kier molecular flexibility index (Phi) is 10.4. The molecule has 1 aliphatic heterocycles. The van der Waals surface area contributed by atoms with Crippen LogP contribution >= 0.6 is 12.4 Å². The second-order valence-electron chi connectivity index (χ2n) is 5.55. The summed E-state index contributed by atoms with van der Waals surface area (Å²) in [5.74, 6) is 0.506. The number of amides is 2. The molecule has 1 saturated heterocycles. The van der Waals surface area contributed by atoms with Gasteiger partial charge in [-0.25, -0.2) is 0 Å². The van der Waals surface area contributed by atoms with Crippen molar-refractivity contribution < 1.29 is 9.59 Å². The van der Waals surface area contributed by atoms with Crippen molar-refractivity contribution in [1.29, 1.82) is 0 Å². The third-order valence-electron chi connectivity index (χ3n) is 3.78. The molecular formula is C14H29ClN4O2. The van der Waals surface area contributed by atoms with E-state index in [-0.39, 0.29) is 30.8 Å². The average Bonchev–Trinajstić information content (AvgIpc) is 2.45. The number of piperidine rings is 1. The van der Waals surface area contributed by atoms with E-state index in [2.05, 4.69) is 10.2 Å². The summed E-state index contributed by atoms with van der Waals surface area (Å²) in [6.07, 6.45) is 3.02. The van der Waals surface area contributed by atoms with E-state index in [0.717, 1.165) is 38.9 Å². The van der Waals surface area contributed by atoms with Gasteiger partial charge in [-0.05, 0) is 44.8 Å². The number of nitrogens with one attached hydrogen (secondary N) is 1. The second kappa shape index (κ2) is 10.8. The summed E-state index contributed by atoms with van der Waals surface area (Å²) in [4.78, 5) is 27.3. The summed E-state index contributed by atoms with van der Waals surface area (Å²) >= 11 is 0. The molecule has 124 valence electrons. The lowest BCUT2D eigenvalue weighted by Gasteiger charge is -2.31. The SMILES string of the molecule is CCCNC(=O)CN(C)C(=O)CN1CCC(CN)CC1.Cl. The van der Waals surface area contributed by atoms with Crippen molar-refractivity contribution in [3.05, 3.63) is 0 Å². The molecule has 0 aromatic rings. The zero-order valence-electron chi connectivity index (χ0n) is 13.1. The lowest BCUT2D eigenvalue weighted by Crippen LogP contribution is -2.45. The van der Waals surface area contributed by atoms with Gasteiger partial charge in [-0.3, -0.25) is 14.5 Å². The summed E-state index contributed by atoms with van der Waals surface area (Å²) in [6.45, 7) is 5.77. The second-order valence-corrected chi connectivity index (χ2v) is 5.55. The van der Waals surface area contributed by atoms with Gasteiger partial charge in [-0.15, -0.1) is 12.4 Å². The fourth-order valence-electron chi connectivity index (χ4n) is 2.32. The fourth-order valence-corrected chi connectivity index (χ4v) is 2.32. The monoisotopic (exact) mass is 320 g/mol. The highest BCUT2D eigenvalue weighted by Gasteiger charge is 2.21. The van der Waals surface area contributed by atoms with E-state index < -0.39 is 0 Å². The van der Waals surface area contributed by atoms with Gasteiger partial charge in [-0.2, -0.15) is 0 Å². The quantitative estimate of drug-likeness (QED) is 0.695. The number of likely N-dealkylation sites (N-methyl/N-ethyl adjacent to an activating group) is 1. The molecule has 1 aliphatic rings. The molecule has 0 aliphatic carbocycles. The highest BCUT2D eigenvalue weighted by molar-refractivity contribution is 5.85. The Morgan fingerprint density at radius 1 is 1.33 bits per heavy atom. The highest BCUT2D eigenvalue weighted by atomic mass is 35.5. The smallest absolute Gasteiger partial charge is 0.239 e. The first-order chi connectivity index (χ1) is 9.56. The van der Waals surface area contributed by atoms with Crippen LogP contribution in [0.1, 0.15) is 26.2 Å². The van der Waals surface area contributed by atoms with E-state index >= 15 is 0 Å². The molecule has 0 aromatic carbocycles. The van der Waals surface area contributed by atoms with Crippen LogP contribution in [0.15, 0.2) is 0 Å². The van der Waals surface area contributed by atoms with Crippen molar-refractivity contribution in [2.75, 3.05) is 46.3 Å². The standard InChI is InChI=1S/C14H28N4O2.ClH/c1-3-6-16-13(19)10-17(2)14(20)11-18-7-4-12(9-15)5-8-18;/h12H,3-11,15H2,1-2H3,(H,16,19);1H. The molecule has 7 heteroatoms. The Labute approximate surface area is 133 Å². The highest BCUT2D eigenvalue weighted by Crippen LogP contribution is 2.15. The van der Waals surface area contributed by atoms with Gasteiger partial charge in [0.15, 0.2) is 0 Å². The van der Waals surface area contributed by atoms with Gasteiger partial charge in [0.1, 0.15) is 0 Å². The number of carbonyl (C=O) groups excluding carboxylic acids is 2. The topological polar surface area (TPSA) is 78.7 Å². The minimum absolute atomic E-state index is 0. The summed E-state index contributed by atoms with van der Waals surface area (Å²) in [5.41, 5.74) is 5.65. The van der Waals surface area contributed by atoms with E-state index in [1.54, 1.807) is 7.05 Å². The first-order valence-electron chi connectivity index (χ1n) is 7.49. The summed E-state index contributed by atoms with van der Waals surface area (Å²) < 4.78 is 0. The fraction of sp³-hybridized carbons (Fsp3) is 0.857. The van der Waals surface area contributed by atoms with Crippen LogP contribution in [0.25, 0.3) is 0 Å². The number of likely N-dealkylation sites (tertiary alicyclic amines) is 1. The Morgan fingerprint density at radius 3 is 2.48 bits per heavy atom. The van der Waals surface area contributed by atoms with Gasteiger partial charge < -0.3 is 16.0 Å². The zero-order chi connectivity index (χ0) is 15.0. The number of hydrogen-bond acceptors (Lipinski definition) is 4. The largest absolute Gasteiger partial charge is 0.355 e. The lowest BCUT2D eigenvalue weighted by molar-refractivity contribution is -0.135. The van der Waals surface area contributed by atoms with E-state index in [4.69, 9.17) is 5.73 Å². The first-order valence-corrected chi connectivity index (χ1v) is 7.49. The molecule has 0 atom stereocenters. The molecule has 3 N–H and O–H groups in total. The number of halogens is 1. The average molecular weight is 321 g/mol. The lowest BCUT2D eigenvalue weighted by atomic mass is 9.97. The number of hydrogen-bond donors (Lipinski definition) is 2. The number of nitrogens with zero attached hydrogens (tertiary/aromatic N) is 2. The molecule has 21 heavy (non-hydrogen) atoms. The summed E-state index contributed by atoms with van der Waals surface area (Å²) in [7, 11) is 1.68. The van der Waals surface area contributed by atoms with Gasteiger partial charge in [-0.1, -0.05) is 6.92 Å². The molecule has 0 aromatic heterocycles. The summed E-state index contributed by atoms with van der Waals surface area (Å²) in [6, 6.07) is 0. The van der Waals surface area contributed by atoms with Crippen LogP contribution in [0.5, 0.6) is 0 Å². The van der Waals surface area contributed by atoms with Crippen molar-refractivity contribution in [2.45, 2.75) is 26.2 Å². The minimum atomic E-state index is -0.0930. The van der Waals surface area contributed by atoms with Gasteiger partial charge >= 0.3 is 0 Å². The molecule has 0 bridgehead atoms. The van der Waals surface area contributed by atoms with Gasteiger partial charge in [0.05, 0.1) is 13.1 Å². The van der Waals surface area contributed by atoms with Crippen molar-refractivity contribution in [3.63, 3.8) is 0 Å². The number of carbonyl (C=O) groups is 2. The van der Waals surface area contributed by atoms with Crippen LogP contribution in [0.3, 0.4) is 0 Å². The Bertz CT molecular complexity index is 320. The molecule has 1 heterocycles. The van der Waals surface area contributed by atoms with Crippen molar-refractivity contribution >= 4 is 24.2 Å². The van der Waals surface area contributed by atoms with Gasteiger partial charge in [0.25, 0.3) is 0 Å². The van der Waals surface area contributed by atoms with Crippen molar-refractivity contribution in [2.24, 2.45) is 11.7 Å². The van der Waals surface area contributed by atoms with Crippen LogP contribution in [0.2, 0.25) is 0 Å². The van der Waals surface area contributed by atoms with Crippen LogP contribution in [-0.2, 0) is 9.59 Å². The van der Waals surface area contributed by atoms with E-state index in [0.29, 0.717) is 19.0 Å². The van der Waals surface area contributed by atoms with Crippen molar-refractivity contribution in [1.82, 2.24) is 15.1 Å². The van der Waals surface area contributed by atoms with Crippen LogP contribution in [0, 0.1) is 5.92 Å². The molecule has 0 radical (unpaired) electrons. The van der Waals surface area contributed by atoms with Crippen LogP contribution in [-0.4, -0.2) is 67.9 Å². The maximum absolute atomic E-state index is 12.1. The molecule has 6 nitrogen and oxygen atoms in total. The molecule has 2 amide bonds. The molecule has 0 saturated carbocycles. The molecule has 1 rings (SSSR count). The van der Waals surface area contributed by atoms with Gasteiger partial charge in [0, 0.05) is 13.6 Å².